The van der Waals surface area contributed by atoms with E-state index in [1.165, 1.54) is 31.4 Å². The van der Waals surface area contributed by atoms with E-state index >= 15 is 0 Å². The molecule has 0 aliphatic carbocycles. The number of benzene rings is 2. The van der Waals surface area contributed by atoms with Crippen molar-refractivity contribution in [2.45, 2.75) is 0 Å². The second-order valence-corrected chi connectivity index (χ2v) is 5.12. The molecule has 0 aliphatic rings. The molecule has 0 unspecified atom stereocenters. The van der Waals surface area contributed by atoms with Gasteiger partial charge >= 0.3 is 0 Å². The topological polar surface area (TPSA) is 94.6 Å². The maximum Gasteiger partial charge on any atom is 0.291 e. The number of carbonyl (C=O) groups excluding carboxylic acids is 1. The number of amides is 1. The molecular formula is C18H14N2O5. The van der Waals surface area contributed by atoms with Gasteiger partial charge in [0.15, 0.2) is 5.76 Å². The molecule has 0 spiro atoms. The highest BCUT2D eigenvalue weighted by Gasteiger charge is 2.21. The molecule has 0 atom stereocenters. The third-order valence-corrected chi connectivity index (χ3v) is 3.53. The predicted octanol–water partition coefficient (Wildman–Crippen LogP) is 4.12. The number of methoxy groups -OCH3 is 1. The fourth-order valence-electron chi connectivity index (χ4n) is 2.32. The summed E-state index contributed by atoms with van der Waals surface area (Å²) in [6.07, 6.45) is 0. The summed E-state index contributed by atoms with van der Waals surface area (Å²) < 4.78 is 10.5. The van der Waals surface area contributed by atoms with E-state index in [1.807, 2.05) is 6.07 Å². The van der Waals surface area contributed by atoms with Crippen LogP contribution in [0.4, 0.5) is 11.4 Å². The van der Waals surface area contributed by atoms with Gasteiger partial charge in [0.25, 0.3) is 11.6 Å². The van der Waals surface area contributed by atoms with E-state index in [0.717, 1.165) is 0 Å². The number of nitro groups is 1. The molecule has 3 aromatic rings. The van der Waals surface area contributed by atoms with Gasteiger partial charge in [-0.25, -0.2) is 0 Å². The molecule has 126 valence electrons. The van der Waals surface area contributed by atoms with Crippen molar-refractivity contribution in [2.75, 3.05) is 12.4 Å². The summed E-state index contributed by atoms with van der Waals surface area (Å²) in [5.41, 5.74) is 0.731. The first-order chi connectivity index (χ1) is 12.1. The Labute approximate surface area is 143 Å². The molecule has 0 fully saturated rings. The molecule has 0 saturated carbocycles. The van der Waals surface area contributed by atoms with Crippen LogP contribution in [-0.4, -0.2) is 17.9 Å². The van der Waals surface area contributed by atoms with E-state index in [4.69, 9.17) is 9.15 Å². The number of nitro benzene ring substituents is 1. The van der Waals surface area contributed by atoms with Crippen molar-refractivity contribution in [3.8, 4) is 17.1 Å². The third-order valence-electron chi connectivity index (χ3n) is 3.53. The minimum Gasteiger partial charge on any atom is -0.497 e. The normalized spacial score (nSPS) is 10.3. The van der Waals surface area contributed by atoms with Crippen LogP contribution in [0.15, 0.2) is 65.1 Å². The lowest BCUT2D eigenvalue weighted by Crippen LogP contribution is -2.10. The maximum absolute atomic E-state index is 12.2. The standard InChI is InChI=1S/C18H14N2O5/c1-24-13-7-8-14(15(11-13)20(22)23)16-9-10-17(25-16)18(21)19-12-5-3-2-4-6-12/h2-11H,1H3,(H,19,21). The van der Waals surface area contributed by atoms with Crippen LogP contribution in [0.5, 0.6) is 5.75 Å². The molecule has 1 heterocycles. The minimum absolute atomic E-state index is 0.0592. The molecule has 7 nitrogen and oxygen atoms in total. The summed E-state index contributed by atoms with van der Waals surface area (Å²) in [5, 5.41) is 14.0. The minimum atomic E-state index is -0.524. The zero-order valence-corrected chi connectivity index (χ0v) is 13.3. The highest BCUT2D eigenvalue weighted by molar-refractivity contribution is 6.02. The summed E-state index contributed by atoms with van der Waals surface area (Å²) in [6, 6.07) is 16.3. The Morgan fingerprint density at radius 2 is 1.88 bits per heavy atom. The molecule has 1 N–H and O–H groups in total. The fraction of sp³-hybridized carbons (Fsp3) is 0.0556. The van der Waals surface area contributed by atoms with Gasteiger partial charge in [0.05, 0.1) is 23.7 Å². The Bertz CT molecular complexity index is 918. The Kier molecular flexibility index (Phi) is 4.47. The van der Waals surface area contributed by atoms with E-state index < -0.39 is 10.8 Å². The third kappa shape index (κ3) is 3.50. The van der Waals surface area contributed by atoms with Gasteiger partial charge in [-0.15, -0.1) is 0 Å². The van der Waals surface area contributed by atoms with Crippen LogP contribution in [0.3, 0.4) is 0 Å². The van der Waals surface area contributed by atoms with E-state index in [9.17, 15) is 14.9 Å². The van der Waals surface area contributed by atoms with Gasteiger partial charge in [-0.1, -0.05) is 18.2 Å². The number of nitrogens with zero attached hydrogens (tertiary/aromatic N) is 1. The summed E-state index contributed by atoms with van der Waals surface area (Å²) in [7, 11) is 1.43. The van der Waals surface area contributed by atoms with Crippen LogP contribution in [0.2, 0.25) is 0 Å². The Morgan fingerprint density at radius 3 is 2.56 bits per heavy atom. The number of nitrogens with one attached hydrogen (secondary N) is 1. The number of para-hydroxylation sites is 1. The predicted molar refractivity (Wildman–Crippen MR) is 91.7 cm³/mol. The molecule has 0 radical (unpaired) electrons. The average molecular weight is 338 g/mol. The van der Waals surface area contributed by atoms with Crippen molar-refractivity contribution in [3.05, 3.63) is 76.5 Å². The summed E-state index contributed by atoms with van der Waals surface area (Å²) >= 11 is 0. The molecule has 0 saturated heterocycles. The van der Waals surface area contributed by atoms with Crippen LogP contribution in [0.25, 0.3) is 11.3 Å². The van der Waals surface area contributed by atoms with Crippen molar-refractivity contribution < 1.29 is 18.9 Å². The number of carbonyl (C=O) groups is 1. The first-order valence-corrected chi connectivity index (χ1v) is 7.37. The zero-order chi connectivity index (χ0) is 17.8. The van der Waals surface area contributed by atoms with Crippen LogP contribution in [0, 0.1) is 10.1 Å². The summed E-state index contributed by atoms with van der Waals surface area (Å²) in [4.78, 5) is 23.0. The average Bonchev–Trinajstić information content (AvgIpc) is 3.12. The number of ether oxygens (including phenoxy) is 1. The number of hydrogen-bond donors (Lipinski definition) is 1. The molecule has 3 rings (SSSR count). The second-order valence-electron chi connectivity index (χ2n) is 5.12. The van der Waals surface area contributed by atoms with Crippen molar-refractivity contribution >= 4 is 17.3 Å². The lowest BCUT2D eigenvalue weighted by Gasteiger charge is -2.04. The van der Waals surface area contributed by atoms with Gasteiger partial charge in [0.1, 0.15) is 11.5 Å². The van der Waals surface area contributed by atoms with E-state index in [0.29, 0.717) is 11.4 Å². The van der Waals surface area contributed by atoms with E-state index in [-0.39, 0.29) is 22.8 Å². The van der Waals surface area contributed by atoms with Gasteiger partial charge in [-0.05, 0) is 36.4 Å². The fourth-order valence-corrected chi connectivity index (χ4v) is 2.32. The first kappa shape index (κ1) is 16.3. The van der Waals surface area contributed by atoms with Gasteiger partial charge in [0.2, 0.25) is 0 Å². The molecule has 0 bridgehead atoms. The number of anilines is 1. The number of hydrogen-bond acceptors (Lipinski definition) is 5. The molecule has 0 aliphatic heterocycles. The summed E-state index contributed by atoms with van der Waals surface area (Å²) in [6.45, 7) is 0. The van der Waals surface area contributed by atoms with Gasteiger partial charge in [-0.3, -0.25) is 14.9 Å². The highest BCUT2D eigenvalue weighted by atomic mass is 16.6. The lowest BCUT2D eigenvalue weighted by molar-refractivity contribution is -0.384. The van der Waals surface area contributed by atoms with Crippen LogP contribution < -0.4 is 10.1 Å². The quantitative estimate of drug-likeness (QED) is 0.558. The summed E-state index contributed by atoms with van der Waals surface area (Å²) in [5.74, 6) is 0.217. The number of furan rings is 1. The Hall–Kier alpha value is -3.61. The maximum atomic E-state index is 12.2. The van der Waals surface area contributed by atoms with Crippen LogP contribution in [-0.2, 0) is 0 Å². The molecular weight excluding hydrogens is 324 g/mol. The van der Waals surface area contributed by atoms with Crippen molar-refractivity contribution in [1.82, 2.24) is 0 Å². The number of rotatable bonds is 5. The molecule has 1 aromatic heterocycles. The largest absolute Gasteiger partial charge is 0.497 e. The Morgan fingerprint density at radius 1 is 1.12 bits per heavy atom. The van der Waals surface area contributed by atoms with Crippen LogP contribution >= 0.6 is 0 Å². The van der Waals surface area contributed by atoms with Crippen molar-refractivity contribution in [2.24, 2.45) is 0 Å². The monoisotopic (exact) mass is 338 g/mol. The smallest absolute Gasteiger partial charge is 0.291 e. The van der Waals surface area contributed by atoms with Crippen molar-refractivity contribution in [1.29, 1.82) is 0 Å². The van der Waals surface area contributed by atoms with Gasteiger partial charge in [-0.2, -0.15) is 0 Å². The molecule has 2 aromatic carbocycles. The SMILES string of the molecule is COc1ccc(-c2ccc(C(=O)Nc3ccccc3)o2)c([N+](=O)[O-])c1. The van der Waals surface area contributed by atoms with E-state index in [2.05, 4.69) is 5.32 Å². The lowest BCUT2D eigenvalue weighted by atomic mass is 10.1. The first-order valence-electron chi connectivity index (χ1n) is 7.37. The second kappa shape index (κ2) is 6.88. The molecule has 1 amide bonds. The zero-order valence-electron chi connectivity index (χ0n) is 13.3. The molecule has 7 heteroatoms. The van der Waals surface area contributed by atoms with Gasteiger partial charge < -0.3 is 14.5 Å². The molecule has 25 heavy (non-hydrogen) atoms. The van der Waals surface area contributed by atoms with Crippen LogP contribution in [0.1, 0.15) is 10.6 Å². The van der Waals surface area contributed by atoms with Crippen molar-refractivity contribution in [3.63, 3.8) is 0 Å². The van der Waals surface area contributed by atoms with Gasteiger partial charge in [0, 0.05) is 5.69 Å². The Balaban J connectivity index is 1.89. The van der Waals surface area contributed by atoms with E-state index in [1.54, 1.807) is 30.3 Å². The highest BCUT2D eigenvalue weighted by Crippen LogP contribution is 2.34.